The van der Waals surface area contributed by atoms with Crippen LogP contribution in [0.5, 0.6) is 0 Å². The van der Waals surface area contributed by atoms with E-state index >= 15 is 0 Å². The number of ether oxygens (including phenoxy) is 1. The summed E-state index contributed by atoms with van der Waals surface area (Å²) in [5.41, 5.74) is 0.906. The molecule has 1 aromatic carbocycles. The molecule has 19 heavy (non-hydrogen) atoms. The van der Waals surface area contributed by atoms with E-state index in [0.717, 1.165) is 17.8 Å². The molecule has 0 aromatic heterocycles. The summed E-state index contributed by atoms with van der Waals surface area (Å²) < 4.78 is 4.24. The fourth-order valence-electron chi connectivity index (χ4n) is 1.59. The highest BCUT2D eigenvalue weighted by Gasteiger charge is 2.29. The van der Waals surface area contributed by atoms with Crippen LogP contribution >= 0.6 is 16.1 Å². The zero-order valence-electron chi connectivity index (χ0n) is 9.95. The third kappa shape index (κ3) is 3.30. The average molecular weight is 326 g/mol. The average Bonchev–Trinajstić information content (AvgIpc) is 2.40. The van der Waals surface area contributed by atoms with Crippen molar-refractivity contribution in [2.75, 3.05) is 6.61 Å². The van der Waals surface area contributed by atoms with E-state index in [1.807, 2.05) is 30.3 Å². The van der Waals surface area contributed by atoms with Crippen molar-refractivity contribution in [1.82, 2.24) is 0 Å². The maximum atomic E-state index is 12.0. The molecule has 1 aromatic rings. The lowest BCUT2D eigenvalue weighted by Crippen LogP contribution is -2.31. The quantitative estimate of drug-likeness (QED) is 0.680. The number of rotatable bonds is 4. The minimum absolute atomic E-state index is 0.0112. The van der Waals surface area contributed by atoms with Crippen molar-refractivity contribution in [3.63, 3.8) is 0 Å². The molecule has 0 radical (unpaired) electrons. The van der Waals surface area contributed by atoms with Gasteiger partial charge in [-0.05, 0) is 5.56 Å². The molecular formula is C13H12BrNO4. The molecule has 1 unspecified atom stereocenters. The maximum absolute atomic E-state index is 12.0. The number of carbonyl (C=O) groups excluding carboxylic acids is 1. The normalized spacial score (nSPS) is 22.8. The van der Waals surface area contributed by atoms with E-state index in [0.29, 0.717) is 0 Å². The van der Waals surface area contributed by atoms with E-state index in [-0.39, 0.29) is 18.1 Å². The van der Waals surface area contributed by atoms with Crippen LogP contribution in [0.1, 0.15) is 5.56 Å². The fourth-order valence-corrected chi connectivity index (χ4v) is 1.99. The van der Waals surface area contributed by atoms with E-state index in [1.54, 1.807) is 0 Å². The van der Waals surface area contributed by atoms with Crippen molar-refractivity contribution in [2.45, 2.75) is 6.61 Å². The number of aliphatic hydroxyl groups excluding tert-OH is 1. The number of carbonyl (C=O) groups is 1. The molecule has 5 nitrogen and oxygen atoms in total. The second-order valence-electron chi connectivity index (χ2n) is 4.00. The second kappa shape index (κ2) is 5.66. The van der Waals surface area contributed by atoms with Gasteiger partial charge in [0.15, 0.2) is 11.9 Å². The van der Waals surface area contributed by atoms with Gasteiger partial charge in [-0.2, -0.15) is 0 Å². The van der Waals surface area contributed by atoms with Crippen molar-refractivity contribution < 1.29 is 18.3 Å². The molecule has 6 heteroatoms. The van der Waals surface area contributed by atoms with Crippen molar-refractivity contribution in [1.29, 1.82) is 0 Å². The first-order valence-corrected chi connectivity index (χ1v) is 6.29. The van der Waals surface area contributed by atoms with Crippen molar-refractivity contribution in [3.05, 3.63) is 64.8 Å². The summed E-state index contributed by atoms with van der Waals surface area (Å²) in [6, 6.07) is 9.31. The van der Waals surface area contributed by atoms with E-state index in [4.69, 9.17) is 9.84 Å². The number of hydrogen-bond acceptors (Lipinski definition) is 4. The van der Waals surface area contributed by atoms with E-state index in [1.165, 1.54) is 0 Å². The first kappa shape index (κ1) is 14.0. The first-order chi connectivity index (χ1) is 9.03. The standard InChI is InChI=1S/C13H12BrNO4/c14-15(18)7-13(12(17)6-11(15)8-16)19-9-10-4-2-1-3-5-10/h1-7,16H,8-9H2. The predicted molar refractivity (Wildman–Crippen MR) is 72.0 cm³/mol. The highest BCUT2D eigenvalue weighted by atomic mass is 79.9. The van der Waals surface area contributed by atoms with E-state index in [2.05, 4.69) is 16.1 Å². The van der Waals surface area contributed by atoms with Gasteiger partial charge in [0.25, 0.3) is 0 Å². The van der Waals surface area contributed by atoms with Crippen LogP contribution in [-0.4, -0.2) is 21.2 Å². The van der Waals surface area contributed by atoms with Crippen LogP contribution in [0, 0.1) is 5.21 Å². The van der Waals surface area contributed by atoms with Gasteiger partial charge >= 0.3 is 0 Å². The summed E-state index contributed by atoms with van der Waals surface area (Å²) in [6.45, 7) is -0.295. The van der Waals surface area contributed by atoms with Gasteiger partial charge in [-0.25, -0.2) is 3.67 Å². The molecule has 1 aliphatic heterocycles. The number of hydrogen-bond donors (Lipinski definition) is 1. The summed E-state index contributed by atoms with van der Waals surface area (Å²) in [5, 5.41) is 21.0. The molecule has 0 fully saturated rings. The van der Waals surface area contributed by atoms with Gasteiger partial charge in [-0.3, -0.25) is 4.79 Å². The maximum Gasteiger partial charge on any atom is 0.239 e. The summed E-state index contributed by atoms with van der Waals surface area (Å²) in [5.74, 6) is -0.461. The lowest BCUT2D eigenvalue weighted by molar-refractivity contribution is -0.622. The number of benzene rings is 1. The van der Waals surface area contributed by atoms with E-state index in [9.17, 15) is 10.0 Å². The molecule has 1 atom stereocenters. The number of nitrogens with zero attached hydrogens (tertiary/aromatic N) is 1. The number of quaternary nitrogens is 1. The van der Waals surface area contributed by atoms with Crippen LogP contribution in [-0.2, 0) is 16.1 Å². The van der Waals surface area contributed by atoms with Crippen LogP contribution in [0.15, 0.2) is 54.1 Å². The summed E-state index contributed by atoms with van der Waals surface area (Å²) in [4.78, 5) is 11.7. The van der Waals surface area contributed by atoms with Crippen LogP contribution in [0.4, 0.5) is 0 Å². The highest BCUT2D eigenvalue weighted by Crippen LogP contribution is 2.29. The van der Waals surface area contributed by atoms with Crippen LogP contribution in [0.2, 0.25) is 0 Å². The largest absolute Gasteiger partial charge is 0.611 e. The smallest absolute Gasteiger partial charge is 0.239 e. The van der Waals surface area contributed by atoms with Crippen LogP contribution < -0.4 is 0 Å². The Bertz CT molecular complexity index is 537. The first-order valence-electron chi connectivity index (χ1n) is 5.58. The molecule has 1 heterocycles. The number of ketones is 1. The van der Waals surface area contributed by atoms with E-state index < -0.39 is 16.1 Å². The van der Waals surface area contributed by atoms with Gasteiger partial charge < -0.3 is 15.1 Å². The van der Waals surface area contributed by atoms with Crippen molar-refractivity contribution in [2.24, 2.45) is 0 Å². The Morgan fingerprint density at radius 1 is 1.32 bits per heavy atom. The number of allylic oxidation sites excluding steroid dienone is 1. The molecule has 1 N–H and O–H groups in total. The molecule has 0 aliphatic carbocycles. The summed E-state index contributed by atoms with van der Waals surface area (Å²) >= 11 is 2.86. The number of halogens is 1. The SMILES string of the molecule is O=C1C=C(CO)[N+]([O-])(Br)C=C1OCc1ccccc1. The van der Waals surface area contributed by atoms with Gasteiger partial charge in [0.05, 0.1) is 6.08 Å². The van der Waals surface area contributed by atoms with Crippen LogP contribution in [0.3, 0.4) is 0 Å². The second-order valence-corrected chi connectivity index (χ2v) is 5.06. The van der Waals surface area contributed by atoms with Gasteiger partial charge in [0.1, 0.15) is 13.2 Å². The van der Waals surface area contributed by atoms with Gasteiger partial charge in [0.2, 0.25) is 27.7 Å². The Hall–Kier alpha value is -1.47. The Morgan fingerprint density at radius 3 is 2.63 bits per heavy atom. The zero-order chi connectivity index (χ0) is 13.9. The minimum Gasteiger partial charge on any atom is -0.611 e. The molecule has 0 bridgehead atoms. The fraction of sp³-hybridized carbons (Fsp3) is 0.154. The number of aliphatic hydroxyl groups is 1. The Kier molecular flexibility index (Phi) is 4.16. The molecule has 1 aliphatic rings. The van der Waals surface area contributed by atoms with Crippen LogP contribution in [0.25, 0.3) is 0 Å². The lowest BCUT2D eigenvalue weighted by atomic mass is 10.2. The third-order valence-corrected chi connectivity index (χ3v) is 3.27. The Labute approximate surface area is 118 Å². The summed E-state index contributed by atoms with van der Waals surface area (Å²) in [7, 11) is 0. The molecule has 0 saturated heterocycles. The lowest BCUT2D eigenvalue weighted by Gasteiger charge is -2.33. The van der Waals surface area contributed by atoms with Crippen molar-refractivity contribution in [3.8, 4) is 0 Å². The number of hydroxylamine groups is 2. The molecular weight excluding hydrogens is 314 g/mol. The third-order valence-electron chi connectivity index (χ3n) is 2.61. The summed E-state index contributed by atoms with van der Waals surface area (Å²) in [6.07, 6.45) is 2.17. The molecule has 0 amide bonds. The molecule has 0 spiro atoms. The monoisotopic (exact) mass is 325 g/mol. The Balaban J connectivity index is 2.09. The zero-order valence-corrected chi connectivity index (χ0v) is 11.5. The van der Waals surface area contributed by atoms with Gasteiger partial charge in [-0.1, -0.05) is 30.3 Å². The molecule has 2 rings (SSSR count). The van der Waals surface area contributed by atoms with Crippen molar-refractivity contribution >= 4 is 21.9 Å². The minimum atomic E-state index is -1.11. The van der Waals surface area contributed by atoms with Gasteiger partial charge in [-0.15, -0.1) is 0 Å². The Morgan fingerprint density at radius 2 is 2.00 bits per heavy atom. The van der Waals surface area contributed by atoms with Gasteiger partial charge in [0, 0.05) is 0 Å². The highest BCUT2D eigenvalue weighted by molar-refractivity contribution is 9.05. The topological polar surface area (TPSA) is 69.6 Å². The molecule has 0 saturated carbocycles. The molecule has 100 valence electrons. The predicted octanol–water partition coefficient (Wildman–Crippen LogP) is 2.13.